The number of rotatable bonds is 2. The van der Waals surface area contributed by atoms with Crippen molar-refractivity contribution in [1.82, 2.24) is 0 Å². The van der Waals surface area contributed by atoms with Gasteiger partial charge in [-0.15, -0.1) is 0 Å². The summed E-state index contributed by atoms with van der Waals surface area (Å²) in [6.07, 6.45) is 0. The molecule has 0 aliphatic heterocycles. The molecular formula is C6H17ClSi2. The molecule has 0 aliphatic rings. The van der Waals surface area contributed by atoms with Gasteiger partial charge in [-0.3, -0.25) is 0 Å². The fraction of sp³-hybridized carbons (Fsp3) is 1.00. The van der Waals surface area contributed by atoms with Crippen LogP contribution in [-0.4, -0.2) is 15.5 Å². The zero-order chi connectivity index (χ0) is 7.71. The summed E-state index contributed by atoms with van der Waals surface area (Å²) in [7, 11) is -2.12. The third-order valence-electron chi connectivity index (χ3n) is 0.951. The van der Waals surface area contributed by atoms with Gasteiger partial charge in [0.25, 0.3) is 0 Å². The van der Waals surface area contributed by atoms with Crippen LogP contribution in [0, 0.1) is 0 Å². The van der Waals surface area contributed by atoms with Gasteiger partial charge >= 0.3 is 0 Å². The highest BCUT2D eigenvalue weighted by atomic mass is 35.6. The highest BCUT2D eigenvalue weighted by Crippen LogP contribution is 2.21. The molecule has 0 rings (SSSR count). The van der Waals surface area contributed by atoms with E-state index in [0.29, 0.717) is 0 Å². The van der Waals surface area contributed by atoms with Crippen molar-refractivity contribution < 1.29 is 0 Å². The zero-order valence-electron chi connectivity index (χ0n) is 7.09. The minimum Gasteiger partial charge on any atom is -0.168 e. The molecule has 0 saturated carbocycles. The van der Waals surface area contributed by atoms with Crippen LogP contribution in [0.25, 0.3) is 0 Å². The summed E-state index contributed by atoms with van der Waals surface area (Å²) in [4.78, 5) is 0. The Labute approximate surface area is 65.3 Å². The number of halogens is 1. The standard InChI is InChI=1S/C6H17ClSi2/c1-8(2,3)6-9(4,5)7/h6H2,1-5H3. The Morgan fingerprint density at radius 2 is 1.33 bits per heavy atom. The van der Waals surface area contributed by atoms with Gasteiger partial charge in [-0.2, -0.15) is 11.1 Å². The minimum absolute atomic E-state index is 0.863. The summed E-state index contributed by atoms with van der Waals surface area (Å²) in [6, 6.07) is 0. The summed E-state index contributed by atoms with van der Waals surface area (Å²) in [5.41, 5.74) is 1.33. The Hall–Kier alpha value is 0.724. The molecular weight excluding hydrogens is 164 g/mol. The van der Waals surface area contributed by atoms with Gasteiger partial charge in [-0.25, -0.2) is 0 Å². The molecule has 9 heavy (non-hydrogen) atoms. The fourth-order valence-electron chi connectivity index (χ4n) is 1.26. The maximum Gasteiger partial charge on any atom is 0.147 e. The van der Waals surface area contributed by atoms with Crippen LogP contribution in [0.4, 0.5) is 0 Å². The average Bonchev–Trinajstić information content (AvgIpc) is 1.14. The maximum absolute atomic E-state index is 6.19. The van der Waals surface area contributed by atoms with E-state index in [2.05, 4.69) is 32.7 Å². The summed E-state index contributed by atoms with van der Waals surface area (Å²) in [5, 5.41) is 0. The van der Waals surface area contributed by atoms with E-state index in [4.69, 9.17) is 11.1 Å². The van der Waals surface area contributed by atoms with E-state index < -0.39 is 15.5 Å². The second kappa shape index (κ2) is 2.76. The largest absolute Gasteiger partial charge is 0.168 e. The molecule has 0 radical (unpaired) electrons. The van der Waals surface area contributed by atoms with Crippen molar-refractivity contribution in [2.75, 3.05) is 0 Å². The molecule has 0 heterocycles. The molecule has 0 nitrogen and oxygen atoms in total. The Kier molecular flexibility index (Phi) is 2.99. The van der Waals surface area contributed by atoms with Crippen LogP contribution in [0.1, 0.15) is 0 Å². The molecule has 0 aromatic heterocycles. The first-order valence-corrected chi connectivity index (χ1v) is 11.3. The highest BCUT2D eigenvalue weighted by molar-refractivity contribution is 7.23. The third kappa shape index (κ3) is 8.72. The first-order chi connectivity index (χ1) is 3.71. The molecule has 0 aromatic rings. The van der Waals surface area contributed by atoms with E-state index in [0.717, 1.165) is 0 Å². The lowest BCUT2D eigenvalue weighted by Gasteiger charge is -2.22. The monoisotopic (exact) mass is 180 g/mol. The lowest BCUT2D eigenvalue weighted by Crippen LogP contribution is -2.32. The van der Waals surface area contributed by atoms with Crippen molar-refractivity contribution in [3.8, 4) is 0 Å². The molecule has 0 N–H and O–H groups in total. The van der Waals surface area contributed by atoms with Gasteiger partial charge in [0.1, 0.15) is 7.38 Å². The first-order valence-electron chi connectivity index (χ1n) is 3.40. The summed E-state index contributed by atoms with van der Waals surface area (Å²) in [5.74, 6) is 0. The second-order valence-corrected chi connectivity index (χ2v) is 17.5. The molecule has 0 fully saturated rings. The molecule has 0 bridgehead atoms. The number of hydrogen-bond acceptors (Lipinski definition) is 0. The van der Waals surface area contributed by atoms with Crippen molar-refractivity contribution in [1.29, 1.82) is 0 Å². The van der Waals surface area contributed by atoms with Crippen molar-refractivity contribution >= 4 is 26.5 Å². The van der Waals surface area contributed by atoms with Crippen LogP contribution in [0.2, 0.25) is 38.4 Å². The van der Waals surface area contributed by atoms with Crippen molar-refractivity contribution in [2.45, 2.75) is 38.4 Å². The third-order valence-corrected chi connectivity index (χ3v) is 9.76. The molecule has 0 amide bonds. The molecule has 3 heteroatoms. The summed E-state index contributed by atoms with van der Waals surface area (Å²) < 4.78 is 0. The van der Waals surface area contributed by atoms with Crippen molar-refractivity contribution in [3.05, 3.63) is 0 Å². The lowest BCUT2D eigenvalue weighted by atomic mass is 11.7. The van der Waals surface area contributed by atoms with Crippen LogP contribution >= 0.6 is 11.1 Å². The van der Waals surface area contributed by atoms with Crippen molar-refractivity contribution in [3.63, 3.8) is 0 Å². The summed E-state index contributed by atoms with van der Waals surface area (Å²) in [6.45, 7) is 11.6. The lowest BCUT2D eigenvalue weighted by molar-refractivity contribution is 1.57. The molecule has 0 aliphatic carbocycles. The summed E-state index contributed by atoms with van der Waals surface area (Å²) >= 11 is 6.19. The normalized spacial score (nSPS) is 14.0. The van der Waals surface area contributed by atoms with Crippen LogP contribution in [0.15, 0.2) is 0 Å². The van der Waals surface area contributed by atoms with E-state index in [1.54, 1.807) is 0 Å². The smallest absolute Gasteiger partial charge is 0.147 e. The van der Waals surface area contributed by atoms with Crippen LogP contribution in [0.5, 0.6) is 0 Å². The van der Waals surface area contributed by atoms with Crippen LogP contribution < -0.4 is 0 Å². The van der Waals surface area contributed by atoms with Gasteiger partial charge in [-0.05, 0) is 5.67 Å². The van der Waals surface area contributed by atoms with Crippen LogP contribution in [-0.2, 0) is 0 Å². The predicted octanol–water partition coefficient (Wildman–Crippen LogP) is 3.31. The molecule has 0 saturated heterocycles. The Morgan fingerprint density at radius 3 is 1.33 bits per heavy atom. The van der Waals surface area contributed by atoms with E-state index in [9.17, 15) is 0 Å². The van der Waals surface area contributed by atoms with E-state index in [-0.39, 0.29) is 0 Å². The SMILES string of the molecule is C[Si](C)(C)C[Si](C)(C)Cl. The van der Waals surface area contributed by atoms with E-state index in [1.807, 2.05) is 0 Å². The Balaban J connectivity index is 3.75. The zero-order valence-corrected chi connectivity index (χ0v) is 9.84. The average molecular weight is 181 g/mol. The van der Waals surface area contributed by atoms with Crippen molar-refractivity contribution in [2.24, 2.45) is 0 Å². The fourth-order valence-corrected chi connectivity index (χ4v) is 15.0. The maximum atomic E-state index is 6.19. The number of hydrogen-bond donors (Lipinski definition) is 0. The first kappa shape index (κ1) is 9.72. The van der Waals surface area contributed by atoms with Gasteiger partial charge < -0.3 is 0 Å². The molecule has 0 aromatic carbocycles. The van der Waals surface area contributed by atoms with Gasteiger partial charge in [0.05, 0.1) is 0 Å². The molecule has 0 unspecified atom stereocenters. The van der Waals surface area contributed by atoms with Gasteiger partial charge in [0.2, 0.25) is 0 Å². The van der Waals surface area contributed by atoms with Crippen LogP contribution in [0.3, 0.4) is 0 Å². The molecule has 56 valence electrons. The van der Waals surface area contributed by atoms with E-state index >= 15 is 0 Å². The molecule has 0 spiro atoms. The molecule has 0 atom stereocenters. The topological polar surface area (TPSA) is 0 Å². The minimum atomic E-state index is -1.26. The quantitative estimate of drug-likeness (QED) is 0.452. The Bertz CT molecular complexity index is 76.2. The second-order valence-electron chi connectivity index (χ2n) is 4.46. The van der Waals surface area contributed by atoms with E-state index in [1.165, 1.54) is 5.67 Å². The predicted molar refractivity (Wildman–Crippen MR) is 51.5 cm³/mol. The van der Waals surface area contributed by atoms with Gasteiger partial charge in [0, 0.05) is 8.07 Å². The van der Waals surface area contributed by atoms with Gasteiger partial charge in [0.15, 0.2) is 0 Å². The highest BCUT2D eigenvalue weighted by Gasteiger charge is 2.26. The van der Waals surface area contributed by atoms with Gasteiger partial charge in [-0.1, -0.05) is 32.7 Å². The Morgan fingerprint density at radius 1 is 1.00 bits per heavy atom.